The lowest BCUT2D eigenvalue weighted by atomic mass is 10.1. The number of benzene rings is 2. The van der Waals surface area contributed by atoms with Crippen molar-refractivity contribution in [1.82, 2.24) is 15.2 Å². The molecule has 0 bridgehead atoms. The largest absolute Gasteiger partial charge is 0.383 e. The molecule has 6 nitrogen and oxygen atoms in total. The molecule has 0 aliphatic carbocycles. The van der Waals surface area contributed by atoms with Gasteiger partial charge in [-0.15, -0.1) is 0 Å². The molecular formula is C26H32N4O2. The summed E-state index contributed by atoms with van der Waals surface area (Å²) < 4.78 is 5.25. The number of piperazine rings is 1. The van der Waals surface area contributed by atoms with Crippen molar-refractivity contribution in [2.45, 2.75) is 25.9 Å². The average Bonchev–Trinajstić information content (AvgIpc) is 2.84. The molecule has 1 fully saturated rings. The van der Waals surface area contributed by atoms with Crippen molar-refractivity contribution >= 4 is 22.6 Å². The van der Waals surface area contributed by atoms with Crippen LogP contribution in [-0.4, -0.2) is 61.7 Å². The molecule has 168 valence electrons. The third-order valence-corrected chi connectivity index (χ3v) is 6.09. The fraction of sp³-hybridized carbons (Fsp3) is 0.385. The minimum atomic E-state index is -0.0727. The molecule has 1 saturated heterocycles. The van der Waals surface area contributed by atoms with Gasteiger partial charge in [0.2, 0.25) is 0 Å². The van der Waals surface area contributed by atoms with Crippen LogP contribution in [-0.2, 0) is 11.3 Å². The number of anilines is 1. The zero-order chi connectivity index (χ0) is 22.3. The Labute approximate surface area is 190 Å². The average molecular weight is 433 g/mol. The maximum Gasteiger partial charge on any atom is 0.252 e. The fourth-order valence-corrected chi connectivity index (χ4v) is 4.21. The quantitative estimate of drug-likeness (QED) is 0.588. The summed E-state index contributed by atoms with van der Waals surface area (Å²) >= 11 is 0. The van der Waals surface area contributed by atoms with Crippen LogP contribution in [0.2, 0.25) is 0 Å². The monoisotopic (exact) mass is 432 g/mol. The fourth-order valence-electron chi connectivity index (χ4n) is 4.21. The lowest BCUT2D eigenvalue weighted by Crippen LogP contribution is -2.46. The predicted molar refractivity (Wildman–Crippen MR) is 129 cm³/mol. The number of methoxy groups -OCH3 is 1. The standard InChI is InChI=1S/C26H32N4O2/c1-3-21(19-32-2)27-26(31)23-17-25(28-24-12-8-7-11-22(23)24)30-15-13-29(14-16-30)18-20-9-5-4-6-10-20/h4-12,17,21H,3,13-16,18-19H2,1-2H3,(H,27,31)/t21-/m1/s1. The lowest BCUT2D eigenvalue weighted by molar-refractivity contribution is 0.0896. The van der Waals surface area contributed by atoms with Crippen molar-refractivity contribution in [2.75, 3.05) is 44.8 Å². The number of aromatic nitrogens is 1. The number of nitrogens with zero attached hydrogens (tertiary/aromatic N) is 3. The van der Waals surface area contributed by atoms with E-state index in [1.165, 1.54) is 5.56 Å². The Kier molecular flexibility index (Phi) is 7.35. The van der Waals surface area contributed by atoms with Gasteiger partial charge in [0.1, 0.15) is 5.82 Å². The summed E-state index contributed by atoms with van der Waals surface area (Å²) in [5, 5.41) is 4.00. The molecule has 2 heterocycles. The first-order valence-corrected chi connectivity index (χ1v) is 11.4. The van der Waals surface area contributed by atoms with Crippen LogP contribution in [0.5, 0.6) is 0 Å². The number of hydrogen-bond donors (Lipinski definition) is 1. The van der Waals surface area contributed by atoms with Gasteiger partial charge in [0.25, 0.3) is 5.91 Å². The van der Waals surface area contributed by atoms with Gasteiger partial charge in [-0.05, 0) is 24.1 Å². The molecule has 3 aromatic rings. The van der Waals surface area contributed by atoms with E-state index in [0.29, 0.717) is 12.2 Å². The summed E-state index contributed by atoms with van der Waals surface area (Å²) in [7, 11) is 1.66. The van der Waals surface area contributed by atoms with Gasteiger partial charge in [-0.25, -0.2) is 4.98 Å². The molecule has 0 unspecified atom stereocenters. The minimum absolute atomic E-state index is 0.00981. The van der Waals surface area contributed by atoms with Crippen LogP contribution in [0.4, 0.5) is 5.82 Å². The van der Waals surface area contributed by atoms with E-state index in [0.717, 1.165) is 55.9 Å². The third-order valence-electron chi connectivity index (χ3n) is 6.09. The zero-order valence-corrected chi connectivity index (χ0v) is 19.0. The summed E-state index contributed by atoms with van der Waals surface area (Å²) in [6.07, 6.45) is 0.818. The van der Waals surface area contributed by atoms with E-state index in [1.807, 2.05) is 30.3 Å². The van der Waals surface area contributed by atoms with Gasteiger partial charge in [-0.2, -0.15) is 0 Å². The molecule has 0 saturated carbocycles. The Morgan fingerprint density at radius 2 is 1.78 bits per heavy atom. The van der Waals surface area contributed by atoms with Crippen LogP contribution in [0.3, 0.4) is 0 Å². The number of pyridine rings is 1. The van der Waals surface area contributed by atoms with Gasteiger partial charge in [0.15, 0.2) is 0 Å². The molecule has 1 aromatic heterocycles. The van der Waals surface area contributed by atoms with Gasteiger partial charge in [0.05, 0.1) is 23.7 Å². The van der Waals surface area contributed by atoms with Crippen LogP contribution in [0.1, 0.15) is 29.3 Å². The summed E-state index contributed by atoms with van der Waals surface area (Å²) in [4.78, 5) is 22.8. The second kappa shape index (κ2) is 10.6. The van der Waals surface area contributed by atoms with Crippen molar-refractivity contribution in [2.24, 2.45) is 0 Å². The third kappa shape index (κ3) is 5.26. The number of fused-ring (bicyclic) bond motifs is 1. The summed E-state index contributed by atoms with van der Waals surface area (Å²) in [5.41, 5.74) is 2.86. The molecule has 1 aliphatic rings. The number of para-hydroxylation sites is 1. The van der Waals surface area contributed by atoms with Crippen molar-refractivity contribution in [1.29, 1.82) is 0 Å². The number of nitrogens with one attached hydrogen (secondary N) is 1. The second-order valence-electron chi connectivity index (χ2n) is 8.33. The number of carbonyl (C=O) groups excluding carboxylic acids is 1. The Morgan fingerprint density at radius 1 is 1.06 bits per heavy atom. The van der Waals surface area contributed by atoms with Crippen LogP contribution in [0, 0.1) is 0 Å². The van der Waals surface area contributed by atoms with E-state index in [1.54, 1.807) is 7.11 Å². The molecule has 1 atom stereocenters. The van der Waals surface area contributed by atoms with E-state index in [4.69, 9.17) is 9.72 Å². The first-order valence-electron chi connectivity index (χ1n) is 11.4. The molecule has 2 aromatic carbocycles. The van der Waals surface area contributed by atoms with Crippen LogP contribution < -0.4 is 10.2 Å². The summed E-state index contributed by atoms with van der Waals surface area (Å²) in [6, 6.07) is 20.4. The van der Waals surface area contributed by atoms with Gasteiger partial charge in [-0.1, -0.05) is 55.5 Å². The van der Waals surface area contributed by atoms with Gasteiger partial charge < -0.3 is 15.0 Å². The lowest BCUT2D eigenvalue weighted by Gasteiger charge is -2.35. The number of ether oxygens (including phenoxy) is 1. The summed E-state index contributed by atoms with van der Waals surface area (Å²) in [6.45, 7) is 7.23. The zero-order valence-electron chi connectivity index (χ0n) is 19.0. The van der Waals surface area contributed by atoms with E-state index in [-0.39, 0.29) is 11.9 Å². The Hall–Kier alpha value is -2.96. The minimum Gasteiger partial charge on any atom is -0.383 e. The molecule has 1 N–H and O–H groups in total. The number of amides is 1. The van der Waals surface area contributed by atoms with Crippen LogP contribution >= 0.6 is 0 Å². The smallest absolute Gasteiger partial charge is 0.252 e. The summed E-state index contributed by atoms with van der Waals surface area (Å²) in [5.74, 6) is 0.796. The Balaban J connectivity index is 1.51. The van der Waals surface area contributed by atoms with E-state index < -0.39 is 0 Å². The Bertz CT molecular complexity index is 1030. The van der Waals surface area contributed by atoms with Gasteiger partial charge in [0, 0.05) is 45.2 Å². The highest BCUT2D eigenvalue weighted by molar-refractivity contribution is 6.07. The van der Waals surface area contributed by atoms with E-state index in [9.17, 15) is 4.79 Å². The number of rotatable bonds is 8. The maximum atomic E-state index is 13.2. The number of hydrogen-bond acceptors (Lipinski definition) is 5. The Morgan fingerprint density at radius 3 is 2.50 bits per heavy atom. The molecule has 1 aliphatic heterocycles. The van der Waals surface area contributed by atoms with Crippen LogP contribution in [0.15, 0.2) is 60.7 Å². The molecule has 0 spiro atoms. The molecule has 4 rings (SSSR count). The topological polar surface area (TPSA) is 57.7 Å². The maximum absolute atomic E-state index is 13.2. The van der Waals surface area contributed by atoms with Crippen molar-refractivity contribution in [3.05, 3.63) is 71.8 Å². The predicted octanol–water partition coefficient (Wildman–Crippen LogP) is 3.71. The molecule has 32 heavy (non-hydrogen) atoms. The first-order chi connectivity index (χ1) is 15.7. The van der Waals surface area contributed by atoms with Crippen LogP contribution in [0.25, 0.3) is 10.9 Å². The highest BCUT2D eigenvalue weighted by atomic mass is 16.5. The second-order valence-corrected chi connectivity index (χ2v) is 8.33. The van der Waals surface area contributed by atoms with E-state index in [2.05, 4.69) is 52.4 Å². The van der Waals surface area contributed by atoms with Crippen molar-refractivity contribution in [3.8, 4) is 0 Å². The molecular weight excluding hydrogens is 400 g/mol. The molecule has 6 heteroatoms. The van der Waals surface area contributed by atoms with Crippen molar-refractivity contribution < 1.29 is 9.53 Å². The normalized spacial score (nSPS) is 15.6. The highest BCUT2D eigenvalue weighted by Gasteiger charge is 2.22. The van der Waals surface area contributed by atoms with Crippen molar-refractivity contribution in [3.63, 3.8) is 0 Å². The van der Waals surface area contributed by atoms with Gasteiger partial charge in [-0.3, -0.25) is 9.69 Å². The highest BCUT2D eigenvalue weighted by Crippen LogP contribution is 2.24. The first kappa shape index (κ1) is 22.2. The SMILES string of the molecule is CC[C@H](COC)NC(=O)c1cc(N2CCN(Cc3ccccc3)CC2)nc2ccccc12. The molecule has 0 radical (unpaired) electrons. The molecule has 1 amide bonds. The number of carbonyl (C=O) groups is 1. The van der Waals surface area contributed by atoms with Gasteiger partial charge >= 0.3 is 0 Å². The van der Waals surface area contributed by atoms with E-state index >= 15 is 0 Å².